The van der Waals surface area contributed by atoms with Crippen LogP contribution < -0.4 is 0 Å². The lowest BCUT2D eigenvalue weighted by atomic mass is 9.92. The van der Waals surface area contributed by atoms with Gasteiger partial charge >= 0.3 is 11.9 Å². The van der Waals surface area contributed by atoms with Crippen LogP contribution in [0.1, 0.15) is 22.8 Å². The Labute approximate surface area is 122 Å². The maximum atomic E-state index is 12.6. The van der Waals surface area contributed by atoms with Gasteiger partial charge in [0.25, 0.3) is 5.91 Å². The molecule has 2 rings (SSSR count). The van der Waals surface area contributed by atoms with Crippen molar-refractivity contribution in [3.63, 3.8) is 0 Å². The maximum Gasteiger partial charge on any atom is 0.328 e. The van der Waals surface area contributed by atoms with E-state index in [-0.39, 0.29) is 5.91 Å². The molecule has 0 N–H and O–H groups in total. The lowest BCUT2D eigenvalue weighted by Crippen LogP contribution is -2.56. The minimum Gasteiger partial charge on any atom is -0.467 e. The fourth-order valence-corrected chi connectivity index (χ4v) is 2.56. The summed E-state index contributed by atoms with van der Waals surface area (Å²) in [6, 6.07) is 5.34. The van der Waals surface area contributed by atoms with Crippen LogP contribution in [0.4, 0.5) is 0 Å². The number of benzene rings is 1. The van der Waals surface area contributed by atoms with Crippen LogP contribution >= 0.6 is 0 Å². The molecule has 0 aromatic heterocycles. The standard InChI is InChI=1S/C15H17NO5/c1-9(14(18)20-2)16-12(15(19)21-3)8-10-6-4-5-7-11(10)13(16)17/h4-7,9,12H,8H2,1-3H3. The number of hydrogen-bond acceptors (Lipinski definition) is 5. The average Bonchev–Trinajstić information content (AvgIpc) is 2.52. The first-order valence-electron chi connectivity index (χ1n) is 6.57. The van der Waals surface area contributed by atoms with Crippen molar-refractivity contribution in [2.24, 2.45) is 0 Å². The summed E-state index contributed by atoms with van der Waals surface area (Å²) in [5, 5.41) is 0. The van der Waals surface area contributed by atoms with Crippen LogP contribution in [0.3, 0.4) is 0 Å². The van der Waals surface area contributed by atoms with Crippen LogP contribution in [-0.2, 0) is 25.5 Å². The Balaban J connectivity index is 2.46. The minimum atomic E-state index is -0.861. The molecule has 1 amide bonds. The zero-order valence-electron chi connectivity index (χ0n) is 12.2. The van der Waals surface area contributed by atoms with Crippen molar-refractivity contribution in [2.45, 2.75) is 25.4 Å². The molecule has 0 saturated heterocycles. The number of esters is 2. The SMILES string of the molecule is COC(=O)C(C)N1C(=O)c2ccccc2CC1C(=O)OC. The van der Waals surface area contributed by atoms with Gasteiger partial charge in [0.05, 0.1) is 14.2 Å². The van der Waals surface area contributed by atoms with Gasteiger partial charge in [-0.15, -0.1) is 0 Å². The molecule has 6 heteroatoms. The second kappa shape index (κ2) is 5.95. The number of rotatable bonds is 3. The second-order valence-electron chi connectivity index (χ2n) is 4.81. The smallest absolute Gasteiger partial charge is 0.328 e. The van der Waals surface area contributed by atoms with E-state index in [2.05, 4.69) is 4.74 Å². The molecule has 0 fully saturated rings. The van der Waals surface area contributed by atoms with Crippen LogP contribution in [0.25, 0.3) is 0 Å². The minimum absolute atomic E-state index is 0.315. The largest absolute Gasteiger partial charge is 0.467 e. The van der Waals surface area contributed by atoms with Gasteiger partial charge in [0, 0.05) is 12.0 Å². The molecule has 0 radical (unpaired) electrons. The number of amides is 1. The number of carbonyl (C=O) groups excluding carboxylic acids is 3. The molecule has 0 aliphatic carbocycles. The maximum absolute atomic E-state index is 12.6. The summed E-state index contributed by atoms with van der Waals surface area (Å²) in [7, 11) is 2.50. The Morgan fingerprint density at radius 2 is 1.90 bits per heavy atom. The van der Waals surface area contributed by atoms with E-state index < -0.39 is 24.0 Å². The molecule has 0 saturated carbocycles. The van der Waals surface area contributed by atoms with Crippen LogP contribution in [0.5, 0.6) is 0 Å². The van der Waals surface area contributed by atoms with Crippen LogP contribution in [0.15, 0.2) is 24.3 Å². The second-order valence-corrected chi connectivity index (χ2v) is 4.81. The van der Waals surface area contributed by atoms with Crippen LogP contribution in [-0.4, -0.2) is 49.0 Å². The van der Waals surface area contributed by atoms with E-state index in [1.807, 2.05) is 0 Å². The number of carbonyl (C=O) groups is 3. The number of nitrogens with zero attached hydrogens (tertiary/aromatic N) is 1. The van der Waals surface area contributed by atoms with Gasteiger partial charge in [-0.2, -0.15) is 0 Å². The van der Waals surface area contributed by atoms with Gasteiger partial charge in [-0.3, -0.25) is 4.79 Å². The molecular weight excluding hydrogens is 274 g/mol. The number of hydrogen-bond donors (Lipinski definition) is 0. The molecule has 1 heterocycles. The summed E-state index contributed by atoms with van der Waals surface area (Å²) in [6.07, 6.45) is 0.315. The zero-order valence-corrected chi connectivity index (χ0v) is 12.2. The number of methoxy groups -OCH3 is 2. The molecule has 1 aliphatic rings. The molecule has 6 nitrogen and oxygen atoms in total. The molecule has 2 atom stereocenters. The molecular formula is C15H17NO5. The fraction of sp³-hybridized carbons (Fsp3) is 0.400. The van der Waals surface area contributed by atoms with Crippen molar-refractivity contribution in [1.29, 1.82) is 0 Å². The Morgan fingerprint density at radius 3 is 2.52 bits per heavy atom. The monoisotopic (exact) mass is 291 g/mol. The third-order valence-electron chi connectivity index (χ3n) is 3.66. The average molecular weight is 291 g/mol. The van der Waals surface area contributed by atoms with E-state index >= 15 is 0 Å². The fourth-order valence-electron chi connectivity index (χ4n) is 2.56. The third-order valence-corrected chi connectivity index (χ3v) is 3.66. The Hall–Kier alpha value is -2.37. The number of fused-ring (bicyclic) bond motifs is 1. The highest BCUT2D eigenvalue weighted by molar-refractivity contribution is 6.02. The molecule has 21 heavy (non-hydrogen) atoms. The molecule has 1 aliphatic heterocycles. The van der Waals surface area contributed by atoms with Crippen molar-refractivity contribution in [3.8, 4) is 0 Å². The van der Waals surface area contributed by atoms with Crippen molar-refractivity contribution < 1.29 is 23.9 Å². The molecule has 1 aromatic carbocycles. The Morgan fingerprint density at radius 1 is 1.24 bits per heavy atom. The van der Waals surface area contributed by atoms with Gasteiger partial charge in [-0.25, -0.2) is 9.59 Å². The van der Waals surface area contributed by atoms with E-state index in [0.29, 0.717) is 12.0 Å². The summed E-state index contributed by atoms with van der Waals surface area (Å²) < 4.78 is 9.44. The highest BCUT2D eigenvalue weighted by Gasteiger charge is 2.42. The van der Waals surface area contributed by atoms with Crippen molar-refractivity contribution in [2.75, 3.05) is 14.2 Å². The van der Waals surface area contributed by atoms with Crippen LogP contribution in [0.2, 0.25) is 0 Å². The topological polar surface area (TPSA) is 72.9 Å². The zero-order chi connectivity index (χ0) is 15.6. The number of ether oxygens (including phenoxy) is 2. The lowest BCUT2D eigenvalue weighted by molar-refractivity contribution is -0.152. The van der Waals surface area contributed by atoms with Gasteiger partial charge in [-0.1, -0.05) is 18.2 Å². The molecule has 2 unspecified atom stereocenters. The van der Waals surface area contributed by atoms with Gasteiger partial charge < -0.3 is 14.4 Å². The molecule has 112 valence electrons. The summed E-state index contributed by atoms with van der Waals surface area (Å²) in [6.45, 7) is 1.54. The quantitative estimate of drug-likeness (QED) is 0.770. The van der Waals surface area contributed by atoms with E-state index in [0.717, 1.165) is 5.56 Å². The predicted octanol–water partition coefficient (Wildman–Crippen LogP) is 0.788. The van der Waals surface area contributed by atoms with Gasteiger partial charge in [0.15, 0.2) is 0 Å². The Kier molecular flexibility index (Phi) is 4.26. The summed E-state index contributed by atoms with van der Waals surface area (Å²) >= 11 is 0. The first-order valence-corrected chi connectivity index (χ1v) is 6.57. The highest BCUT2D eigenvalue weighted by atomic mass is 16.5. The van der Waals surface area contributed by atoms with Crippen LogP contribution in [0, 0.1) is 0 Å². The van der Waals surface area contributed by atoms with Crippen molar-refractivity contribution in [1.82, 2.24) is 4.90 Å². The van der Waals surface area contributed by atoms with E-state index in [1.165, 1.54) is 26.0 Å². The normalized spacial score (nSPS) is 18.7. The summed E-state index contributed by atoms with van der Waals surface area (Å²) in [4.78, 5) is 37.6. The predicted molar refractivity (Wildman–Crippen MR) is 73.6 cm³/mol. The third kappa shape index (κ3) is 2.61. The highest BCUT2D eigenvalue weighted by Crippen LogP contribution is 2.26. The molecule has 0 bridgehead atoms. The van der Waals surface area contributed by atoms with Crippen molar-refractivity contribution >= 4 is 17.8 Å². The first-order chi connectivity index (χ1) is 10.0. The van der Waals surface area contributed by atoms with Crippen molar-refractivity contribution in [3.05, 3.63) is 35.4 Å². The van der Waals surface area contributed by atoms with Gasteiger partial charge in [0.1, 0.15) is 12.1 Å². The van der Waals surface area contributed by atoms with E-state index in [9.17, 15) is 14.4 Å². The molecule has 0 spiro atoms. The van der Waals surface area contributed by atoms with E-state index in [1.54, 1.807) is 24.3 Å². The summed E-state index contributed by atoms with van der Waals surface area (Å²) in [5.41, 5.74) is 1.26. The van der Waals surface area contributed by atoms with E-state index in [4.69, 9.17) is 4.74 Å². The van der Waals surface area contributed by atoms with Gasteiger partial charge in [0.2, 0.25) is 0 Å². The first kappa shape index (κ1) is 15.0. The molecule has 1 aromatic rings. The summed E-state index contributed by atoms with van der Waals surface area (Å²) in [5.74, 6) is -1.49. The lowest BCUT2D eigenvalue weighted by Gasteiger charge is -2.37. The van der Waals surface area contributed by atoms with Gasteiger partial charge in [-0.05, 0) is 18.6 Å². The Bertz CT molecular complexity index is 583.